The first kappa shape index (κ1) is 18.9. The number of rotatable bonds is 5. The molecule has 4 nitrogen and oxygen atoms in total. The van der Waals surface area contributed by atoms with Gasteiger partial charge in [0.2, 0.25) is 11.8 Å². The van der Waals surface area contributed by atoms with Gasteiger partial charge in [-0.2, -0.15) is 0 Å². The zero-order valence-corrected chi connectivity index (χ0v) is 15.7. The summed E-state index contributed by atoms with van der Waals surface area (Å²) in [5.74, 6) is -0.331. The number of carbonyl (C=O) groups excluding carboxylic acids is 2. The summed E-state index contributed by atoms with van der Waals surface area (Å²) in [6.07, 6.45) is -0.515. The van der Waals surface area contributed by atoms with Crippen LogP contribution in [0.15, 0.2) is 41.8 Å². The van der Waals surface area contributed by atoms with Crippen LogP contribution in [0.5, 0.6) is 0 Å². The average molecular weight is 395 g/mol. The van der Waals surface area contributed by atoms with Crippen molar-refractivity contribution in [3.8, 4) is 0 Å². The predicted octanol–water partition coefficient (Wildman–Crippen LogP) is 3.24. The van der Waals surface area contributed by atoms with Crippen molar-refractivity contribution in [3.05, 3.63) is 57.2 Å². The Bertz CT molecular complexity index is 769. The molecule has 1 aliphatic heterocycles. The van der Waals surface area contributed by atoms with Gasteiger partial charge in [-0.25, -0.2) is 4.39 Å². The molecule has 2 atom stereocenters. The monoisotopic (exact) mass is 394 g/mol. The van der Waals surface area contributed by atoms with Crippen LogP contribution < -0.4 is 5.32 Å². The Labute approximate surface area is 161 Å². The lowest BCUT2D eigenvalue weighted by molar-refractivity contribution is -0.134. The van der Waals surface area contributed by atoms with Gasteiger partial charge in [-0.15, -0.1) is 11.3 Å². The Morgan fingerprint density at radius 2 is 2.00 bits per heavy atom. The van der Waals surface area contributed by atoms with Crippen LogP contribution in [-0.4, -0.2) is 42.0 Å². The van der Waals surface area contributed by atoms with E-state index in [1.807, 2.05) is 23.6 Å². The number of benzene rings is 1. The maximum atomic E-state index is 14.1. The van der Waals surface area contributed by atoms with Crippen LogP contribution in [0.4, 0.5) is 4.39 Å². The standard InChI is InChI=1S/C19H20ClFN2O2S/c20-17-6-2-1-4-13(17)8-19(25)23-11-14(21)9-15(12-23)22-18(24)10-16-5-3-7-26-16/h1-7,14-15H,8-12H2,(H,22,24)/t14-,15+/m1/s1. The minimum absolute atomic E-state index is 0.0561. The molecular weight excluding hydrogens is 375 g/mol. The van der Waals surface area contributed by atoms with Gasteiger partial charge in [0.05, 0.1) is 19.4 Å². The number of alkyl halides is 1. The molecule has 1 N–H and O–H groups in total. The first-order valence-corrected chi connectivity index (χ1v) is 9.74. The van der Waals surface area contributed by atoms with Crippen molar-refractivity contribution in [2.75, 3.05) is 13.1 Å². The summed E-state index contributed by atoms with van der Waals surface area (Å²) < 4.78 is 14.1. The van der Waals surface area contributed by atoms with Crippen LogP contribution in [0.3, 0.4) is 0 Å². The lowest BCUT2D eigenvalue weighted by Gasteiger charge is -2.35. The molecule has 1 saturated heterocycles. The molecule has 1 fully saturated rings. The molecule has 0 spiro atoms. The zero-order valence-electron chi connectivity index (χ0n) is 14.2. The number of carbonyl (C=O) groups is 2. The first-order chi connectivity index (χ1) is 12.5. The summed E-state index contributed by atoms with van der Waals surface area (Å²) in [6, 6.07) is 10.5. The molecule has 138 valence electrons. The summed E-state index contributed by atoms with van der Waals surface area (Å²) in [7, 11) is 0. The van der Waals surface area contributed by atoms with E-state index >= 15 is 0 Å². The van der Waals surface area contributed by atoms with Gasteiger partial charge in [0.15, 0.2) is 0 Å². The number of nitrogens with one attached hydrogen (secondary N) is 1. The lowest BCUT2D eigenvalue weighted by Crippen LogP contribution is -2.53. The maximum absolute atomic E-state index is 14.1. The molecule has 26 heavy (non-hydrogen) atoms. The highest BCUT2D eigenvalue weighted by Crippen LogP contribution is 2.19. The van der Waals surface area contributed by atoms with E-state index in [1.54, 1.807) is 18.2 Å². The quantitative estimate of drug-likeness (QED) is 0.846. The van der Waals surface area contributed by atoms with Gasteiger partial charge >= 0.3 is 0 Å². The van der Waals surface area contributed by atoms with Gasteiger partial charge in [0, 0.05) is 28.9 Å². The molecule has 2 amide bonds. The van der Waals surface area contributed by atoms with E-state index in [0.29, 0.717) is 11.6 Å². The van der Waals surface area contributed by atoms with Crippen molar-refractivity contribution >= 4 is 34.8 Å². The van der Waals surface area contributed by atoms with Gasteiger partial charge in [-0.05, 0) is 23.1 Å². The Hall–Kier alpha value is -1.92. The number of likely N-dealkylation sites (tertiary alicyclic amines) is 1. The van der Waals surface area contributed by atoms with Crippen LogP contribution in [0.1, 0.15) is 16.9 Å². The van der Waals surface area contributed by atoms with Crippen LogP contribution in [0, 0.1) is 0 Å². The highest BCUT2D eigenvalue weighted by Gasteiger charge is 2.31. The SMILES string of the molecule is O=C(Cc1cccs1)N[C@H]1C[C@@H](F)CN(C(=O)Cc2ccccc2Cl)C1. The first-order valence-electron chi connectivity index (χ1n) is 8.48. The molecule has 0 aliphatic carbocycles. The van der Waals surface area contributed by atoms with E-state index in [0.717, 1.165) is 10.4 Å². The molecule has 3 rings (SSSR count). The molecule has 2 heterocycles. The molecule has 0 unspecified atom stereocenters. The molecule has 7 heteroatoms. The van der Waals surface area contributed by atoms with Gasteiger partial charge in [-0.1, -0.05) is 35.9 Å². The molecule has 2 aromatic rings. The van der Waals surface area contributed by atoms with Crippen LogP contribution in [0.25, 0.3) is 0 Å². The lowest BCUT2D eigenvalue weighted by atomic mass is 10.0. The fourth-order valence-electron chi connectivity index (χ4n) is 3.11. The third kappa shape index (κ3) is 5.05. The largest absolute Gasteiger partial charge is 0.351 e. The van der Waals surface area contributed by atoms with Gasteiger partial charge in [0.25, 0.3) is 0 Å². The summed E-state index contributed by atoms with van der Waals surface area (Å²) >= 11 is 7.61. The minimum atomic E-state index is -1.15. The van der Waals surface area contributed by atoms with Crippen LogP contribution >= 0.6 is 22.9 Å². The second-order valence-electron chi connectivity index (χ2n) is 6.42. The highest BCUT2D eigenvalue weighted by atomic mass is 35.5. The number of halogens is 2. The molecular formula is C19H20ClFN2O2S. The number of piperidine rings is 1. The molecule has 0 bridgehead atoms. The summed E-state index contributed by atoms with van der Waals surface area (Å²) in [5, 5.41) is 5.29. The van der Waals surface area contributed by atoms with Crippen molar-refractivity contribution in [3.63, 3.8) is 0 Å². The Morgan fingerprint density at radius 1 is 1.19 bits per heavy atom. The van der Waals surface area contributed by atoms with Crippen LogP contribution in [0.2, 0.25) is 5.02 Å². The molecule has 0 radical (unpaired) electrons. The topological polar surface area (TPSA) is 49.4 Å². The number of hydrogen-bond acceptors (Lipinski definition) is 3. The van der Waals surface area contributed by atoms with E-state index in [-0.39, 0.29) is 43.7 Å². The molecule has 1 aromatic carbocycles. The number of hydrogen-bond donors (Lipinski definition) is 1. The van der Waals surface area contributed by atoms with Crippen molar-refractivity contribution in [1.29, 1.82) is 0 Å². The smallest absolute Gasteiger partial charge is 0.227 e. The fraction of sp³-hybridized carbons (Fsp3) is 0.368. The highest BCUT2D eigenvalue weighted by molar-refractivity contribution is 7.10. The Balaban J connectivity index is 1.57. The molecule has 0 saturated carbocycles. The Morgan fingerprint density at radius 3 is 2.73 bits per heavy atom. The number of nitrogens with zero attached hydrogens (tertiary/aromatic N) is 1. The van der Waals surface area contributed by atoms with E-state index in [1.165, 1.54) is 16.2 Å². The zero-order chi connectivity index (χ0) is 18.5. The van der Waals surface area contributed by atoms with Crippen molar-refractivity contribution in [2.45, 2.75) is 31.5 Å². The summed E-state index contributed by atoms with van der Waals surface area (Å²) in [4.78, 5) is 27.1. The average Bonchev–Trinajstić information content (AvgIpc) is 3.09. The third-order valence-corrected chi connectivity index (χ3v) is 5.58. The number of amides is 2. The van der Waals surface area contributed by atoms with E-state index in [9.17, 15) is 14.0 Å². The normalized spacial score (nSPS) is 20.0. The maximum Gasteiger partial charge on any atom is 0.227 e. The van der Waals surface area contributed by atoms with Gasteiger partial charge in [-0.3, -0.25) is 9.59 Å². The van der Waals surface area contributed by atoms with Crippen LogP contribution in [-0.2, 0) is 22.4 Å². The summed E-state index contributed by atoms with van der Waals surface area (Å²) in [5.41, 5.74) is 0.721. The predicted molar refractivity (Wildman–Crippen MR) is 101 cm³/mol. The van der Waals surface area contributed by atoms with Crippen molar-refractivity contribution in [2.24, 2.45) is 0 Å². The van der Waals surface area contributed by atoms with E-state index in [4.69, 9.17) is 11.6 Å². The van der Waals surface area contributed by atoms with Crippen molar-refractivity contribution < 1.29 is 14.0 Å². The Kier molecular flexibility index (Phi) is 6.27. The second kappa shape index (κ2) is 8.64. The van der Waals surface area contributed by atoms with Gasteiger partial charge in [0.1, 0.15) is 6.17 Å². The van der Waals surface area contributed by atoms with Gasteiger partial charge < -0.3 is 10.2 Å². The fourth-order valence-corrected chi connectivity index (χ4v) is 4.02. The summed E-state index contributed by atoms with van der Waals surface area (Å²) in [6.45, 7) is 0.375. The van der Waals surface area contributed by atoms with E-state index < -0.39 is 6.17 Å². The second-order valence-corrected chi connectivity index (χ2v) is 7.86. The molecule has 1 aliphatic rings. The van der Waals surface area contributed by atoms with Crippen molar-refractivity contribution in [1.82, 2.24) is 10.2 Å². The molecule has 1 aromatic heterocycles. The third-order valence-electron chi connectivity index (χ3n) is 4.33. The van der Waals surface area contributed by atoms with E-state index in [2.05, 4.69) is 5.32 Å². The minimum Gasteiger partial charge on any atom is -0.351 e. The number of thiophene rings is 1.